The predicted molar refractivity (Wildman–Crippen MR) is 62.5 cm³/mol. The molecule has 0 atom stereocenters. The van der Waals surface area contributed by atoms with E-state index < -0.39 is 12.7 Å². The number of rotatable bonds is 3. The monoisotopic (exact) mass is 283 g/mol. The Morgan fingerprint density at radius 2 is 1.38 bits per heavy atom. The van der Waals surface area contributed by atoms with Crippen molar-refractivity contribution in [2.45, 2.75) is 6.18 Å². The highest BCUT2D eigenvalue weighted by Crippen LogP contribution is 2.17. The molecule has 0 aromatic heterocycles. The van der Waals surface area contributed by atoms with Gasteiger partial charge in [-0.05, 0) is 0 Å². The third kappa shape index (κ3) is 7.51. The average Bonchev–Trinajstić information content (AvgIpc) is 2.06. The van der Waals surface area contributed by atoms with Crippen LogP contribution in [0.2, 0.25) is 0 Å². The SMILES string of the molecule is Cl.Cl.NCCN1CCN(CC(F)(F)F)CC1. The molecule has 1 rings (SSSR count). The molecule has 0 aromatic rings. The van der Waals surface area contributed by atoms with Gasteiger partial charge >= 0.3 is 6.18 Å². The lowest BCUT2D eigenvalue weighted by molar-refractivity contribution is -0.149. The second-order valence-corrected chi connectivity index (χ2v) is 3.52. The lowest BCUT2D eigenvalue weighted by Crippen LogP contribution is -2.50. The van der Waals surface area contributed by atoms with E-state index in [2.05, 4.69) is 4.90 Å². The van der Waals surface area contributed by atoms with Crippen molar-refractivity contribution < 1.29 is 13.2 Å². The summed E-state index contributed by atoms with van der Waals surface area (Å²) in [6.45, 7) is 2.90. The molecular weight excluding hydrogens is 266 g/mol. The number of hydrogen-bond acceptors (Lipinski definition) is 3. The van der Waals surface area contributed by atoms with Crippen LogP contribution < -0.4 is 5.73 Å². The molecule has 0 radical (unpaired) electrons. The second-order valence-electron chi connectivity index (χ2n) is 3.52. The normalized spacial score (nSPS) is 18.8. The largest absolute Gasteiger partial charge is 0.401 e. The van der Waals surface area contributed by atoms with E-state index in [1.54, 1.807) is 0 Å². The van der Waals surface area contributed by atoms with E-state index in [0.717, 1.165) is 6.54 Å². The summed E-state index contributed by atoms with van der Waals surface area (Å²) in [5, 5.41) is 0. The van der Waals surface area contributed by atoms with Crippen molar-refractivity contribution in [3.8, 4) is 0 Å². The fourth-order valence-electron chi connectivity index (χ4n) is 1.61. The number of piperazine rings is 1. The van der Waals surface area contributed by atoms with Crippen LogP contribution >= 0.6 is 24.8 Å². The van der Waals surface area contributed by atoms with E-state index in [4.69, 9.17) is 5.73 Å². The second kappa shape index (κ2) is 8.36. The summed E-state index contributed by atoms with van der Waals surface area (Å²) in [6.07, 6.45) is -4.07. The van der Waals surface area contributed by atoms with E-state index in [1.165, 1.54) is 4.90 Å². The molecule has 0 unspecified atom stereocenters. The van der Waals surface area contributed by atoms with Gasteiger partial charge in [-0.2, -0.15) is 13.2 Å². The summed E-state index contributed by atoms with van der Waals surface area (Å²) in [5.74, 6) is 0. The number of hydrogen-bond donors (Lipinski definition) is 1. The highest BCUT2D eigenvalue weighted by molar-refractivity contribution is 5.85. The Morgan fingerprint density at radius 3 is 1.75 bits per heavy atom. The molecule has 0 bridgehead atoms. The molecule has 1 aliphatic rings. The van der Waals surface area contributed by atoms with Crippen molar-refractivity contribution in [1.29, 1.82) is 0 Å². The minimum Gasteiger partial charge on any atom is -0.329 e. The first-order chi connectivity index (χ1) is 6.51. The van der Waals surface area contributed by atoms with E-state index in [1.807, 2.05) is 0 Å². The molecule has 0 aromatic carbocycles. The zero-order chi connectivity index (χ0) is 10.6. The van der Waals surface area contributed by atoms with Gasteiger partial charge in [0.05, 0.1) is 6.54 Å². The molecule has 0 amide bonds. The summed E-state index contributed by atoms with van der Waals surface area (Å²) in [7, 11) is 0. The molecule has 1 fully saturated rings. The lowest BCUT2D eigenvalue weighted by atomic mass is 10.3. The first kappa shape index (κ1) is 18.6. The van der Waals surface area contributed by atoms with E-state index in [9.17, 15) is 13.2 Å². The Labute approximate surface area is 106 Å². The molecule has 1 heterocycles. The van der Waals surface area contributed by atoms with Gasteiger partial charge in [0.15, 0.2) is 0 Å². The first-order valence-corrected chi connectivity index (χ1v) is 4.73. The minimum atomic E-state index is -4.07. The van der Waals surface area contributed by atoms with Gasteiger partial charge in [0.25, 0.3) is 0 Å². The number of nitrogens with zero attached hydrogens (tertiary/aromatic N) is 2. The summed E-state index contributed by atoms with van der Waals surface area (Å²) < 4.78 is 36.0. The van der Waals surface area contributed by atoms with Gasteiger partial charge in [0.1, 0.15) is 0 Å². The average molecular weight is 284 g/mol. The van der Waals surface area contributed by atoms with Gasteiger partial charge in [-0.25, -0.2) is 0 Å². The lowest BCUT2D eigenvalue weighted by Gasteiger charge is -2.34. The molecule has 1 saturated heterocycles. The molecule has 0 spiro atoms. The first-order valence-electron chi connectivity index (χ1n) is 4.73. The Balaban J connectivity index is 0. The van der Waals surface area contributed by atoms with Gasteiger partial charge in [0.2, 0.25) is 0 Å². The van der Waals surface area contributed by atoms with Gasteiger partial charge < -0.3 is 5.73 Å². The van der Waals surface area contributed by atoms with E-state index in [-0.39, 0.29) is 24.8 Å². The molecule has 3 nitrogen and oxygen atoms in total. The summed E-state index contributed by atoms with van der Waals surface area (Å²) in [6, 6.07) is 0. The number of halogens is 5. The van der Waals surface area contributed by atoms with E-state index >= 15 is 0 Å². The van der Waals surface area contributed by atoms with Gasteiger partial charge in [-0.3, -0.25) is 9.80 Å². The Morgan fingerprint density at radius 1 is 0.938 bits per heavy atom. The van der Waals surface area contributed by atoms with Crippen LogP contribution in [0.3, 0.4) is 0 Å². The Hall–Kier alpha value is 0.250. The van der Waals surface area contributed by atoms with Gasteiger partial charge in [0, 0.05) is 39.3 Å². The van der Waals surface area contributed by atoms with Gasteiger partial charge in [-0.15, -0.1) is 24.8 Å². The fourth-order valence-corrected chi connectivity index (χ4v) is 1.61. The molecule has 100 valence electrons. The van der Waals surface area contributed by atoms with Crippen LogP contribution in [-0.4, -0.2) is 61.8 Å². The predicted octanol–water partition coefficient (Wildman–Crippen LogP) is 0.969. The third-order valence-corrected chi connectivity index (χ3v) is 2.31. The van der Waals surface area contributed by atoms with Crippen molar-refractivity contribution in [1.82, 2.24) is 9.80 Å². The quantitative estimate of drug-likeness (QED) is 0.838. The maximum absolute atomic E-state index is 12.0. The Bertz CT molecular complexity index is 172. The van der Waals surface area contributed by atoms with Crippen LogP contribution in [-0.2, 0) is 0 Å². The fraction of sp³-hybridized carbons (Fsp3) is 1.00. The molecule has 8 heteroatoms. The van der Waals surface area contributed by atoms with Crippen molar-refractivity contribution >= 4 is 24.8 Å². The summed E-state index contributed by atoms with van der Waals surface area (Å²) in [4.78, 5) is 3.53. The standard InChI is InChI=1S/C8H16F3N3.2ClH/c9-8(10,11)7-14-5-3-13(2-1-12)4-6-14;;/h1-7,12H2;2*1H. The molecule has 16 heavy (non-hydrogen) atoms. The zero-order valence-electron chi connectivity index (χ0n) is 8.87. The molecular formula is C8H18Cl2F3N3. The van der Waals surface area contributed by atoms with E-state index in [0.29, 0.717) is 32.7 Å². The zero-order valence-corrected chi connectivity index (χ0v) is 10.5. The topological polar surface area (TPSA) is 32.5 Å². The maximum Gasteiger partial charge on any atom is 0.401 e. The van der Waals surface area contributed by atoms with Crippen LogP contribution in [0.4, 0.5) is 13.2 Å². The molecule has 1 aliphatic heterocycles. The van der Waals surface area contributed by atoms with Crippen LogP contribution in [0, 0.1) is 0 Å². The van der Waals surface area contributed by atoms with Crippen molar-refractivity contribution in [2.75, 3.05) is 45.8 Å². The number of nitrogens with two attached hydrogens (primary N) is 1. The summed E-state index contributed by atoms with van der Waals surface area (Å²) in [5.41, 5.74) is 5.36. The van der Waals surface area contributed by atoms with Crippen molar-refractivity contribution in [2.24, 2.45) is 5.73 Å². The van der Waals surface area contributed by atoms with Crippen LogP contribution in [0.5, 0.6) is 0 Å². The smallest absolute Gasteiger partial charge is 0.329 e. The minimum absolute atomic E-state index is 0. The van der Waals surface area contributed by atoms with Crippen molar-refractivity contribution in [3.63, 3.8) is 0 Å². The van der Waals surface area contributed by atoms with Crippen LogP contribution in [0.15, 0.2) is 0 Å². The molecule has 2 N–H and O–H groups in total. The third-order valence-electron chi connectivity index (χ3n) is 2.31. The molecule has 0 aliphatic carbocycles. The highest BCUT2D eigenvalue weighted by atomic mass is 35.5. The maximum atomic E-state index is 12.0. The highest BCUT2D eigenvalue weighted by Gasteiger charge is 2.31. The van der Waals surface area contributed by atoms with Crippen molar-refractivity contribution in [3.05, 3.63) is 0 Å². The van der Waals surface area contributed by atoms with Gasteiger partial charge in [-0.1, -0.05) is 0 Å². The van der Waals surface area contributed by atoms with Crippen LogP contribution in [0.1, 0.15) is 0 Å². The number of alkyl halides is 3. The Kier molecular flexibility index (Phi) is 9.72. The van der Waals surface area contributed by atoms with Crippen LogP contribution in [0.25, 0.3) is 0 Å². The molecule has 0 saturated carbocycles. The summed E-state index contributed by atoms with van der Waals surface area (Å²) >= 11 is 0.